The maximum atomic E-state index is 4.75. The molecule has 0 fully saturated rings. The summed E-state index contributed by atoms with van der Waals surface area (Å²) in [5.41, 5.74) is 7.94. The van der Waals surface area contributed by atoms with Gasteiger partial charge in [0.15, 0.2) is 5.82 Å². The number of rotatable bonds is 3. The number of hydrogen-bond acceptors (Lipinski definition) is 2. The van der Waals surface area contributed by atoms with E-state index in [0.717, 1.165) is 22.8 Å². The highest BCUT2D eigenvalue weighted by atomic mass is 14.9. The average molecular weight is 437 g/mol. The van der Waals surface area contributed by atoms with E-state index in [1.165, 1.54) is 43.8 Å². The van der Waals surface area contributed by atoms with Gasteiger partial charge in [-0.15, -0.1) is 0 Å². The zero-order chi connectivity index (χ0) is 23.1. The zero-order valence-electron chi connectivity index (χ0n) is 19.3. The van der Waals surface area contributed by atoms with E-state index in [0.29, 0.717) is 0 Å². The molecule has 0 bridgehead atoms. The molecule has 1 aromatic heterocycles. The van der Waals surface area contributed by atoms with Gasteiger partial charge in [-0.05, 0) is 69.8 Å². The molecule has 0 aliphatic carbocycles. The van der Waals surface area contributed by atoms with Gasteiger partial charge in [-0.25, -0.2) is 9.97 Å². The van der Waals surface area contributed by atoms with Gasteiger partial charge < -0.3 is 0 Å². The van der Waals surface area contributed by atoms with Crippen LogP contribution in [0.1, 0.15) is 11.4 Å². The van der Waals surface area contributed by atoms with Crippen LogP contribution in [0.3, 0.4) is 0 Å². The van der Waals surface area contributed by atoms with Crippen molar-refractivity contribution < 1.29 is 0 Å². The van der Waals surface area contributed by atoms with Gasteiger partial charge >= 0.3 is 0 Å². The molecule has 0 saturated carbocycles. The lowest BCUT2D eigenvalue weighted by atomic mass is 9.85. The molecular formula is C32H24N2. The van der Waals surface area contributed by atoms with E-state index in [4.69, 9.17) is 9.97 Å². The van der Waals surface area contributed by atoms with Crippen molar-refractivity contribution >= 4 is 21.5 Å². The van der Waals surface area contributed by atoms with E-state index >= 15 is 0 Å². The molecule has 0 unspecified atom stereocenters. The number of fused-ring (bicyclic) bond motifs is 2. The van der Waals surface area contributed by atoms with Crippen LogP contribution in [0.5, 0.6) is 0 Å². The summed E-state index contributed by atoms with van der Waals surface area (Å²) in [5, 5.41) is 4.95. The molecule has 5 aromatic carbocycles. The third-order valence-electron chi connectivity index (χ3n) is 6.39. The van der Waals surface area contributed by atoms with Crippen LogP contribution in [0.2, 0.25) is 0 Å². The Hall–Kier alpha value is -4.30. The molecule has 0 amide bonds. The molecule has 0 radical (unpaired) electrons. The molecule has 2 heteroatoms. The van der Waals surface area contributed by atoms with Crippen LogP contribution in [0.15, 0.2) is 109 Å². The summed E-state index contributed by atoms with van der Waals surface area (Å²) in [7, 11) is 0. The molecular weight excluding hydrogens is 412 g/mol. The summed E-state index contributed by atoms with van der Waals surface area (Å²) in [6, 6.07) is 38.8. The zero-order valence-corrected chi connectivity index (χ0v) is 19.3. The Labute approximate surface area is 199 Å². The quantitative estimate of drug-likeness (QED) is 0.260. The summed E-state index contributed by atoms with van der Waals surface area (Å²) in [6.45, 7) is 4.05. The normalized spacial score (nSPS) is 11.2. The van der Waals surface area contributed by atoms with E-state index in [-0.39, 0.29) is 0 Å². The smallest absolute Gasteiger partial charge is 0.159 e. The van der Waals surface area contributed by atoms with E-state index < -0.39 is 0 Å². The second-order valence-corrected chi connectivity index (χ2v) is 8.76. The molecule has 0 atom stereocenters. The predicted molar refractivity (Wildman–Crippen MR) is 143 cm³/mol. The lowest BCUT2D eigenvalue weighted by Crippen LogP contribution is -1.96. The highest BCUT2D eigenvalue weighted by Crippen LogP contribution is 2.44. The van der Waals surface area contributed by atoms with Gasteiger partial charge in [-0.1, -0.05) is 97.1 Å². The summed E-state index contributed by atoms with van der Waals surface area (Å²) >= 11 is 0. The largest absolute Gasteiger partial charge is 0.233 e. The van der Waals surface area contributed by atoms with E-state index in [1.807, 2.05) is 19.9 Å². The first-order valence-electron chi connectivity index (χ1n) is 11.6. The van der Waals surface area contributed by atoms with Crippen LogP contribution in [-0.2, 0) is 0 Å². The van der Waals surface area contributed by atoms with Crippen molar-refractivity contribution in [2.24, 2.45) is 0 Å². The lowest BCUT2D eigenvalue weighted by Gasteiger charge is -2.18. The SMILES string of the molecule is Cc1cc(C)nc(-c2ccc3c(-c4ccccc4)c4ccccc4c(-c4ccccc4)c3c2)n1. The first-order valence-corrected chi connectivity index (χ1v) is 11.6. The van der Waals surface area contributed by atoms with Crippen LogP contribution in [-0.4, -0.2) is 9.97 Å². The summed E-state index contributed by atoms with van der Waals surface area (Å²) in [5.74, 6) is 0.771. The Morgan fingerprint density at radius 3 is 1.44 bits per heavy atom. The number of hydrogen-bond donors (Lipinski definition) is 0. The third kappa shape index (κ3) is 3.45. The lowest BCUT2D eigenvalue weighted by molar-refractivity contribution is 1.06. The van der Waals surface area contributed by atoms with Gasteiger partial charge in [0.25, 0.3) is 0 Å². The Kier molecular flexibility index (Phi) is 4.92. The fourth-order valence-electron chi connectivity index (χ4n) is 5.00. The van der Waals surface area contributed by atoms with E-state index in [9.17, 15) is 0 Å². The van der Waals surface area contributed by atoms with Crippen molar-refractivity contribution in [3.63, 3.8) is 0 Å². The molecule has 0 aliphatic heterocycles. The molecule has 0 N–H and O–H groups in total. The second-order valence-electron chi connectivity index (χ2n) is 8.76. The number of nitrogens with zero attached hydrogens (tertiary/aromatic N) is 2. The van der Waals surface area contributed by atoms with Crippen LogP contribution < -0.4 is 0 Å². The molecule has 0 aliphatic rings. The monoisotopic (exact) mass is 436 g/mol. The number of aryl methyl sites for hydroxylation is 2. The van der Waals surface area contributed by atoms with Gasteiger partial charge in [-0.3, -0.25) is 0 Å². The molecule has 1 heterocycles. The van der Waals surface area contributed by atoms with Gasteiger partial charge in [0.1, 0.15) is 0 Å². The average Bonchev–Trinajstić information content (AvgIpc) is 2.87. The summed E-state index contributed by atoms with van der Waals surface area (Å²) < 4.78 is 0. The minimum Gasteiger partial charge on any atom is -0.233 e. The van der Waals surface area contributed by atoms with Crippen molar-refractivity contribution in [3.8, 4) is 33.6 Å². The van der Waals surface area contributed by atoms with E-state index in [2.05, 4.69) is 103 Å². The Bertz CT molecular complexity index is 1630. The molecule has 0 spiro atoms. The van der Waals surface area contributed by atoms with Crippen molar-refractivity contribution in [2.45, 2.75) is 13.8 Å². The van der Waals surface area contributed by atoms with Crippen molar-refractivity contribution in [2.75, 3.05) is 0 Å². The Balaban J connectivity index is 1.78. The van der Waals surface area contributed by atoms with Gasteiger partial charge in [-0.2, -0.15) is 0 Å². The van der Waals surface area contributed by atoms with Gasteiger partial charge in [0.2, 0.25) is 0 Å². The fourth-order valence-corrected chi connectivity index (χ4v) is 5.00. The fraction of sp³-hybridized carbons (Fsp3) is 0.0625. The highest BCUT2D eigenvalue weighted by molar-refractivity contribution is 6.21. The van der Waals surface area contributed by atoms with Crippen LogP contribution >= 0.6 is 0 Å². The molecule has 6 aromatic rings. The molecule has 162 valence electrons. The van der Waals surface area contributed by atoms with Gasteiger partial charge in [0.05, 0.1) is 0 Å². The number of aromatic nitrogens is 2. The highest BCUT2D eigenvalue weighted by Gasteiger charge is 2.17. The van der Waals surface area contributed by atoms with Crippen molar-refractivity contribution in [3.05, 3.63) is 121 Å². The summed E-state index contributed by atoms with van der Waals surface area (Å²) in [6.07, 6.45) is 0. The maximum Gasteiger partial charge on any atom is 0.159 e. The van der Waals surface area contributed by atoms with Gasteiger partial charge in [0, 0.05) is 17.0 Å². The standard InChI is InChI=1S/C32H24N2/c1-21-19-22(2)34-32(33-21)25-17-18-28-29(20-25)31(24-13-7-4-8-14-24)27-16-10-9-15-26(27)30(28)23-11-5-3-6-12-23/h3-20H,1-2H3. The molecule has 2 nitrogen and oxygen atoms in total. The Morgan fingerprint density at radius 2 is 0.882 bits per heavy atom. The summed E-state index contributed by atoms with van der Waals surface area (Å²) in [4.78, 5) is 9.49. The predicted octanol–water partition coefficient (Wildman–Crippen LogP) is 8.40. The maximum absolute atomic E-state index is 4.75. The molecule has 0 saturated heterocycles. The van der Waals surface area contributed by atoms with Crippen LogP contribution in [0, 0.1) is 13.8 Å². The second kappa shape index (κ2) is 8.24. The minimum atomic E-state index is 0.771. The number of benzene rings is 5. The first kappa shape index (κ1) is 20.3. The first-order chi connectivity index (χ1) is 16.7. The van der Waals surface area contributed by atoms with E-state index in [1.54, 1.807) is 0 Å². The molecule has 6 rings (SSSR count). The topological polar surface area (TPSA) is 25.8 Å². The minimum absolute atomic E-state index is 0.771. The molecule has 34 heavy (non-hydrogen) atoms. The van der Waals surface area contributed by atoms with Crippen molar-refractivity contribution in [1.82, 2.24) is 9.97 Å². The third-order valence-corrected chi connectivity index (χ3v) is 6.39. The van der Waals surface area contributed by atoms with Crippen LogP contribution in [0.25, 0.3) is 55.2 Å². The Morgan fingerprint density at radius 1 is 0.412 bits per heavy atom. The van der Waals surface area contributed by atoms with Crippen molar-refractivity contribution in [1.29, 1.82) is 0 Å². The van der Waals surface area contributed by atoms with Crippen LogP contribution in [0.4, 0.5) is 0 Å².